The van der Waals surface area contributed by atoms with Crippen LogP contribution in [-0.2, 0) is 16.1 Å². The molecule has 0 bridgehead atoms. The molecule has 1 amide bonds. The number of para-hydroxylation sites is 1. The molecular weight excluding hydrogens is 358 g/mol. The Labute approximate surface area is 162 Å². The standard InChI is InChI=1S/C21H23N3O4/c1-14-7-6-10-17(15(14)2)24-20(26)16-8-4-5-9-18(16)23(21(24)27)13-19(25)22-11-12-28-3/h4-10H,11-13H2,1-3H3,(H,22,25). The molecular formula is C21H23N3O4. The Bertz CT molecular complexity index is 1140. The van der Waals surface area contributed by atoms with Crippen molar-refractivity contribution in [2.24, 2.45) is 0 Å². The number of hydrogen-bond donors (Lipinski definition) is 1. The van der Waals surface area contributed by atoms with E-state index >= 15 is 0 Å². The van der Waals surface area contributed by atoms with Crippen molar-refractivity contribution in [3.63, 3.8) is 0 Å². The maximum atomic E-state index is 13.3. The number of rotatable bonds is 6. The van der Waals surface area contributed by atoms with Gasteiger partial charge in [0.05, 0.1) is 23.2 Å². The van der Waals surface area contributed by atoms with Crippen LogP contribution in [-0.4, -0.2) is 35.3 Å². The van der Waals surface area contributed by atoms with Crippen molar-refractivity contribution in [3.05, 3.63) is 74.4 Å². The predicted octanol–water partition coefficient (Wildman–Crippen LogP) is 1.53. The van der Waals surface area contributed by atoms with Gasteiger partial charge in [-0.25, -0.2) is 9.36 Å². The van der Waals surface area contributed by atoms with Crippen molar-refractivity contribution in [1.82, 2.24) is 14.5 Å². The number of methoxy groups -OCH3 is 1. The van der Waals surface area contributed by atoms with Crippen LogP contribution < -0.4 is 16.6 Å². The van der Waals surface area contributed by atoms with E-state index in [1.807, 2.05) is 19.9 Å². The number of carbonyl (C=O) groups excluding carboxylic acids is 1. The summed E-state index contributed by atoms with van der Waals surface area (Å²) in [5.41, 5.74) is 1.83. The number of aryl methyl sites for hydroxylation is 1. The van der Waals surface area contributed by atoms with E-state index in [4.69, 9.17) is 4.74 Å². The molecule has 3 aromatic rings. The van der Waals surface area contributed by atoms with E-state index in [0.717, 1.165) is 15.7 Å². The van der Waals surface area contributed by atoms with E-state index in [1.165, 1.54) is 4.57 Å². The second kappa shape index (κ2) is 8.22. The molecule has 7 heteroatoms. The molecule has 28 heavy (non-hydrogen) atoms. The molecule has 0 aliphatic rings. The van der Waals surface area contributed by atoms with Gasteiger partial charge in [-0.1, -0.05) is 24.3 Å². The highest BCUT2D eigenvalue weighted by Gasteiger charge is 2.17. The molecule has 3 rings (SSSR count). The molecule has 0 atom stereocenters. The van der Waals surface area contributed by atoms with E-state index in [-0.39, 0.29) is 12.5 Å². The number of ether oxygens (including phenoxy) is 1. The van der Waals surface area contributed by atoms with E-state index < -0.39 is 11.2 Å². The van der Waals surface area contributed by atoms with Crippen LogP contribution in [0.4, 0.5) is 0 Å². The molecule has 0 radical (unpaired) electrons. The monoisotopic (exact) mass is 381 g/mol. The third kappa shape index (κ3) is 3.61. The first-order valence-electron chi connectivity index (χ1n) is 9.02. The summed E-state index contributed by atoms with van der Waals surface area (Å²) in [4.78, 5) is 38.7. The fourth-order valence-corrected chi connectivity index (χ4v) is 3.16. The van der Waals surface area contributed by atoms with Crippen molar-refractivity contribution in [2.75, 3.05) is 20.3 Å². The molecule has 1 heterocycles. The van der Waals surface area contributed by atoms with E-state index in [9.17, 15) is 14.4 Å². The van der Waals surface area contributed by atoms with Crippen molar-refractivity contribution in [3.8, 4) is 5.69 Å². The van der Waals surface area contributed by atoms with Gasteiger partial charge in [-0.3, -0.25) is 14.2 Å². The quantitative estimate of drug-likeness (QED) is 0.657. The van der Waals surface area contributed by atoms with Gasteiger partial charge in [-0.2, -0.15) is 0 Å². The molecule has 0 aliphatic carbocycles. The van der Waals surface area contributed by atoms with Crippen LogP contribution in [0.1, 0.15) is 11.1 Å². The zero-order chi connectivity index (χ0) is 20.3. The summed E-state index contributed by atoms with van der Waals surface area (Å²) in [5.74, 6) is -0.324. The first-order chi connectivity index (χ1) is 13.5. The van der Waals surface area contributed by atoms with E-state index in [1.54, 1.807) is 43.5 Å². The van der Waals surface area contributed by atoms with Crippen LogP contribution in [0.2, 0.25) is 0 Å². The highest BCUT2D eigenvalue weighted by atomic mass is 16.5. The fourth-order valence-electron chi connectivity index (χ4n) is 3.16. The summed E-state index contributed by atoms with van der Waals surface area (Å²) < 4.78 is 7.40. The Kier molecular flexibility index (Phi) is 5.75. The predicted molar refractivity (Wildman–Crippen MR) is 108 cm³/mol. The number of nitrogens with one attached hydrogen (secondary N) is 1. The highest BCUT2D eigenvalue weighted by molar-refractivity contribution is 5.82. The molecule has 1 aromatic heterocycles. The van der Waals surface area contributed by atoms with Gasteiger partial charge in [0.25, 0.3) is 5.56 Å². The Balaban J connectivity index is 2.21. The Morgan fingerprint density at radius 2 is 1.82 bits per heavy atom. The normalized spacial score (nSPS) is 11.0. The number of hydrogen-bond acceptors (Lipinski definition) is 4. The van der Waals surface area contributed by atoms with Gasteiger partial charge in [0.1, 0.15) is 6.54 Å². The number of fused-ring (bicyclic) bond motifs is 1. The van der Waals surface area contributed by atoms with Crippen LogP contribution in [0, 0.1) is 13.8 Å². The summed E-state index contributed by atoms with van der Waals surface area (Å²) in [6.45, 7) is 4.33. The van der Waals surface area contributed by atoms with Gasteiger partial charge in [-0.05, 0) is 43.2 Å². The molecule has 1 N–H and O–H groups in total. The molecule has 7 nitrogen and oxygen atoms in total. The average molecular weight is 381 g/mol. The lowest BCUT2D eigenvalue weighted by atomic mass is 10.1. The zero-order valence-corrected chi connectivity index (χ0v) is 16.2. The number of carbonyl (C=O) groups is 1. The van der Waals surface area contributed by atoms with E-state index in [0.29, 0.717) is 29.7 Å². The minimum absolute atomic E-state index is 0.186. The van der Waals surface area contributed by atoms with Crippen molar-refractivity contribution in [1.29, 1.82) is 0 Å². The summed E-state index contributed by atoms with van der Waals surface area (Å²) in [6, 6.07) is 12.3. The number of amides is 1. The van der Waals surface area contributed by atoms with E-state index in [2.05, 4.69) is 5.32 Å². The molecule has 0 spiro atoms. The SMILES string of the molecule is COCCNC(=O)Cn1c(=O)n(-c2cccc(C)c2C)c(=O)c2ccccc21. The first-order valence-corrected chi connectivity index (χ1v) is 9.02. The summed E-state index contributed by atoms with van der Waals surface area (Å²) >= 11 is 0. The Hall–Kier alpha value is -3.19. The highest BCUT2D eigenvalue weighted by Crippen LogP contribution is 2.16. The van der Waals surface area contributed by atoms with Gasteiger partial charge in [0, 0.05) is 13.7 Å². The minimum atomic E-state index is -0.542. The lowest BCUT2D eigenvalue weighted by Crippen LogP contribution is -2.42. The van der Waals surface area contributed by atoms with Crippen LogP contribution in [0.15, 0.2) is 52.1 Å². The molecule has 146 valence electrons. The topological polar surface area (TPSA) is 82.3 Å². The largest absolute Gasteiger partial charge is 0.383 e. The van der Waals surface area contributed by atoms with Gasteiger partial charge in [-0.15, -0.1) is 0 Å². The molecule has 0 saturated carbocycles. The third-order valence-corrected chi connectivity index (χ3v) is 4.80. The Morgan fingerprint density at radius 1 is 1.07 bits per heavy atom. The maximum Gasteiger partial charge on any atom is 0.336 e. The van der Waals surface area contributed by atoms with Crippen LogP contribution in [0.25, 0.3) is 16.6 Å². The van der Waals surface area contributed by atoms with Crippen LogP contribution >= 0.6 is 0 Å². The van der Waals surface area contributed by atoms with Gasteiger partial charge in [0.15, 0.2) is 0 Å². The first kappa shape index (κ1) is 19.6. The Morgan fingerprint density at radius 3 is 2.57 bits per heavy atom. The van der Waals surface area contributed by atoms with Gasteiger partial charge < -0.3 is 10.1 Å². The summed E-state index contributed by atoms with van der Waals surface area (Å²) in [5, 5.41) is 3.09. The second-order valence-electron chi connectivity index (χ2n) is 6.59. The van der Waals surface area contributed by atoms with Gasteiger partial charge >= 0.3 is 5.69 Å². The van der Waals surface area contributed by atoms with Crippen molar-refractivity contribution in [2.45, 2.75) is 20.4 Å². The maximum absolute atomic E-state index is 13.3. The van der Waals surface area contributed by atoms with Gasteiger partial charge in [0.2, 0.25) is 5.91 Å². The minimum Gasteiger partial charge on any atom is -0.383 e. The molecule has 2 aromatic carbocycles. The fraction of sp³-hybridized carbons (Fsp3) is 0.286. The van der Waals surface area contributed by atoms with Crippen molar-refractivity contribution >= 4 is 16.8 Å². The number of benzene rings is 2. The summed E-state index contributed by atoms with van der Waals surface area (Å²) in [7, 11) is 1.55. The second-order valence-corrected chi connectivity index (χ2v) is 6.59. The molecule has 0 saturated heterocycles. The molecule has 0 unspecified atom stereocenters. The number of aromatic nitrogens is 2. The average Bonchev–Trinajstić information content (AvgIpc) is 2.69. The van der Waals surface area contributed by atoms with Crippen molar-refractivity contribution < 1.29 is 9.53 Å². The smallest absolute Gasteiger partial charge is 0.336 e. The number of nitrogens with zero attached hydrogens (tertiary/aromatic N) is 2. The summed E-state index contributed by atoms with van der Waals surface area (Å²) in [6.07, 6.45) is 0. The zero-order valence-electron chi connectivity index (χ0n) is 16.2. The molecule has 0 aliphatic heterocycles. The molecule has 0 fully saturated rings. The van der Waals surface area contributed by atoms with Crippen LogP contribution in [0.3, 0.4) is 0 Å². The van der Waals surface area contributed by atoms with Crippen LogP contribution in [0.5, 0.6) is 0 Å². The lowest BCUT2D eigenvalue weighted by molar-refractivity contribution is -0.121. The third-order valence-electron chi connectivity index (χ3n) is 4.80. The lowest BCUT2D eigenvalue weighted by Gasteiger charge is -2.16.